The molecule has 0 bridgehead atoms. The van der Waals surface area contributed by atoms with Crippen molar-refractivity contribution in [1.82, 2.24) is 5.48 Å². The van der Waals surface area contributed by atoms with Crippen LogP contribution in [0.5, 0.6) is 0 Å². The van der Waals surface area contributed by atoms with Crippen LogP contribution >= 0.6 is 0 Å². The lowest BCUT2D eigenvalue weighted by molar-refractivity contribution is -0.139. The Kier molecular flexibility index (Phi) is 1.69. The van der Waals surface area contributed by atoms with E-state index in [2.05, 4.69) is 10.3 Å². The normalized spacial score (nSPS) is 25.0. The first kappa shape index (κ1) is 6.10. The molecule has 9 heavy (non-hydrogen) atoms. The summed E-state index contributed by atoms with van der Waals surface area (Å²) in [6, 6.07) is 0. The number of methoxy groups -OCH3 is 1. The second kappa shape index (κ2) is 2.50. The Hall–Kier alpha value is -1.03. The van der Waals surface area contributed by atoms with Gasteiger partial charge in [0.15, 0.2) is 6.10 Å². The van der Waals surface area contributed by atoms with Gasteiger partial charge in [0.05, 0.1) is 0 Å². The van der Waals surface area contributed by atoms with Crippen LogP contribution in [0.15, 0.2) is 12.3 Å². The minimum absolute atomic E-state index is 0.278. The largest absolute Gasteiger partial charge is 0.388 e. The molecule has 0 saturated heterocycles. The third-order valence-corrected chi connectivity index (χ3v) is 0.993. The third kappa shape index (κ3) is 1.20. The van der Waals surface area contributed by atoms with Gasteiger partial charge in [0.2, 0.25) is 0 Å². The highest BCUT2D eigenvalue weighted by atomic mass is 16.7. The first-order valence-corrected chi connectivity index (χ1v) is 2.49. The maximum absolute atomic E-state index is 10.6. The number of nitrogens with one attached hydrogen (secondary N) is 1. The van der Waals surface area contributed by atoms with E-state index in [0.717, 1.165) is 0 Å². The van der Waals surface area contributed by atoms with E-state index in [9.17, 15) is 4.79 Å². The van der Waals surface area contributed by atoms with Crippen LogP contribution in [0.1, 0.15) is 0 Å². The fourth-order valence-corrected chi connectivity index (χ4v) is 0.534. The van der Waals surface area contributed by atoms with Gasteiger partial charge in [-0.3, -0.25) is 4.79 Å². The first-order valence-electron chi connectivity index (χ1n) is 2.49. The van der Waals surface area contributed by atoms with Gasteiger partial charge in [-0.15, -0.1) is 0 Å². The van der Waals surface area contributed by atoms with Crippen molar-refractivity contribution in [3.8, 4) is 0 Å². The Bertz CT molecular complexity index is 143. The van der Waals surface area contributed by atoms with Crippen LogP contribution in [-0.4, -0.2) is 19.1 Å². The van der Waals surface area contributed by atoms with Crippen molar-refractivity contribution in [2.75, 3.05) is 7.11 Å². The van der Waals surface area contributed by atoms with Crippen LogP contribution in [0.25, 0.3) is 0 Å². The molecule has 0 spiro atoms. The van der Waals surface area contributed by atoms with E-state index in [1.54, 1.807) is 0 Å². The summed E-state index contributed by atoms with van der Waals surface area (Å²) in [5.41, 5.74) is 2.13. The van der Waals surface area contributed by atoms with Crippen molar-refractivity contribution >= 4 is 5.91 Å². The smallest absolute Gasteiger partial charge is 0.285 e. The van der Waals surface area contributed by atoms with Crippen LogP contribution in [0.4, 0.5) is 0 Å². The summed E-state index contributed by atoms with van der Waals surface area (Å²) in [5, 5.41) is 0. The topological polar surface area (TPSA) is 47.6 Å². The Balaban J connectivity index is 2.57. The summed E-state index contributed by atoms with van der Waals surface area (Å²) < 4.78 is 4.72. The molecule has 0 radical (unpaired) electrons. The van der Waals surface area contributed by atoms with Gasteiger partial charge >= 0.3 is 0 Å². The lowest BCUT2D eigenvalue weighted by atomic mass is 10.3. The van der Waals surface area contributed by atoms with Crippen LogP contribution in [0.3, 0.4) is 0 Å². The van der Waals surface area contributed by atoms with Crippen LogP contribution in [-0.2, 0) is 14.4 Å². The minimum Gasteiger partial charge on any atom is -0.388 e. The van der Waals surface area contributed by atoms with Crippen LogP contribution in [0.2, 0.25) is 0 Å². The number of rotatable bonds is 1. The molecule has 0 aliphatic carbocycles. The van der Waals surface area contributed by atoms with E-state index in [-0.39, 0.29) is 5.91 Å². The lowest BCUT2D eigenvalue weighted by Crippen LogP contribution is -2.36. The molecule has 1 aliphatic heterocycles. The van der Waals surface area contributed by atoms with E-state index >= 15 is 0 Å². The monoisotopic (exact) mass is 129 g/mol. The van der Waals surface area contributed by atoms with Crippen molar-refractivity contribution in [3.05, 3.63) is 12.3 Å². The molecule has 4 nitrogen and oxygen atoms in total. The molecule has 1 N–H and O–H groups in total. The molecule has 4 heteroatoms. The molecule has 1 atom stereocenters. The molecule has 1 unspecified atom stereocenters. The third-order valence-electron chi connectivity index (χ3n) is 0.993. The number of hydrogen-bond donors (Lipinski definition) is 1. The fourth-order valence-electron chi connectivity index (χ4n) is 0.534. The highest BCUT2D eigenvalue weighted by Gasteiger charge is 2.17. The van der Waals surface area contributed by atoms with E-state index in [1.165, 1.54) is 19.4 Å². The summed E-state index contributed by atoms with van der Waals surface area (Å²) in [4.78, 5) is 15.1. The van der Waals surface area contributed by atoms with Gasteiger partial charge in [-0.25, -0.2) is 0 Å². The predicted molar refractivity (Wildman–Crippen MR) is 29.2 cm³/mol. The van der Waals surface area contributed by atoms with E-state index < -0.39 is 6.10 Å². The lowest BCUT2D eigenvalue weighted by Gasteiger charge is -2.13. The second-order valence-electron chi connectivity index (χ2n) is 1.57. The Morgan fingerprint density at radius 1 is 1.89 bits per heavy atom. The van der Waals surface area contributed by atoms with Gasteiger partial charge in [-0.05, 0) is 6.08 Å². The summed E-state index contributed by atoms with van der Waals surface area (Å²) in [6.07, 6.45) is 2.40. The molecule has 1 amide bonds. The van der Waals surface area contributed by atoms with E-state index in [4.69, 9.17) is 4.74 Å². The van der Waals surface area contributed by atoms with Gasteiger partial charge in [-0.2, -0.15) is 5.48 Å². The molecule has 1 heterocycles. The van der Waals surface area contributed by atoms with Crippen molar-refractivity contribution in [1.29, 1.82) is 0 Å². The molecule has 1 aliphatic rings. The van der Waals surface area contributed by atoms with Crippen molar-refractivity contribution in [2.24, 2.45) is 0 Å². The summed E-state index contributed by atoms with van der Waals surface area (Å²) in [7, 11) is 1.46. The van der Waals surface area contributed by atoms with Gasteiger partial charge < -0.3 is 9.57 Å². The van der Waals surface area contributed by atoms with E-state index in [1.807, 2.05) is 0 Å². The number of carbonyl (C=O) groups excluding carboxylic acids is 1. The zero-order valence-corrected chi connectivity index (χ0v) is 4.96. The highest BCUT2D eigenvalue weighted by Crippen LogP contribution is 1.97. The number of hydrogen-bond acceptors (Lipinski definition) is 3. The Morgan fingerprint density at radius 3 is 3.11 bits per heavy atom. The number of hydroxylamine groups is 1. The molecule has 0 aromatic heterocycles. The second-order valence-corrected chi connectivity index (χ2v) is 1.57. The summed E-state index contributed by atoms with van der Waals surface area (Å²) in [5.74, 6) is -0.278. The maximum atomic E-state index is 10.6. The van der Waals surface area contributed by atoms with Crippen molar-refractivity contribution in [2.45, 2.75) is 6.10 Å². The average molecular weight is 129 g/mol. The molecule has 0 aromatic carbocycles. The molecule has 0 saturated carbocycles. The SMILES string of the molecule is COC1C=CONC1=O. The minimum atomic E-state index is -0.501. The zero-order chi connectivity index (χ0) is 6.69. The zero-order valence-electron chi connectivity index (χ0n) is 4.96. The number of carbonyl (C=O) groups is 1. The molecular formula is C5H7NO3. The predicted octanol–water partition coefficient (Wildman–Crippen LogP) is -0.424. The molecule has 0 aromatic rings. The van der Waals surface area contributed by atoms with Gasteiger partial charge in [0.1, 0.15) is 6.26 Å². The Morgan fingerprint density at radius 2 is 2.67 bits per heavy atom. The van der Waals surface area contributed by atoms with Crippen LogP contribution < -0.4 is 5.48 Å². The molecular weight excluding hydrogens is 122 g/mol. The number of ether oxygens (including phenoxy) is 1. The quantitative estimate of drug-likeness (QED) is 0.523. The molecule has 1 rings (SSSR count). The average Bonchev–Trinajstić information content (AvgIpc) is 1.89. The summed E-state index contributed by atoms with van der Waals surface area (Å²) >= 11 is 0. The first-order chi connectivity index (χ1) is 4.34. The maximum Gasteiger partial charge on any atom is 0.285 e. The van der Waals surface area contributed by atoms with Gasteiger partial charge in [0, 0.05) is 7.11 Å². The summed E-state index contributed by atoms with van der Waals surface area (Å²) in [6.45, 7) is 0. The van der Waals surface area contributed by atoms with Crippen LogP contribution in [0, 0.1) is 0 Å². The molecule has 50 valence electrons. The van der Waals surface area contributed by atoms with Gasteiger partial charge in [-0.1, -0.05) is 0 Å². The Labute approximate surface area is 52.4 Å². The van der Waals surface area contributed by atoms with Crippen molar-refractivity contribution < 1.29 is 14.4 Å². The van der Waals surface area contributed by atoms with Crippen molar-refractivity contribution in [3.63, 3.8) is 0 Å². The fraction of sp³-hybridized carbons (Fsp3) is 0.400. The van der Waals surface area contributed by atoms with E-state index in [0.29, 0.717) is 0 Å². The molecule has 0 fully saturated rings. The van der Waals surface area contributed by atoms with Gasteiger partial charge in [0.25, 0.3) is 5.91 Å². The number of amides is 1. The highest BCUT2D eigenvalue weighted by molar-refractivity contribution is 5.82. The standard InChI is InChI=1S/C5H7NO3/c1-8-4-2-3-9-6-5(4)7/h2-4H,1H3,(H,6,7).